The molecule has 0 amide bonds. The Morgan fingerprint density at radius 3 is 2.27 bits per heavy atom. The lowest BCUT2D eigenvalue weighted by Gasteiger charge is -1.98. The quantitative estimate of drug-likeness (QED) is 0.628. The Labute approximate surface area is 71.2 Å². The zero-order valence-corrected chi connectivity index (χ0v) is 7.70. The van der Waals surface area contributed by atoms with Gasteiger partial charge in [0.25, 0.3) is 0 Å². The minimum absolute atomic E-state index is 0.408. The van der Waals surface area contributed by atoms with Crippen molar-refractivity contribution in [3.05, 3.63) is 17.0 Å². The molecule has 11 heavy (non-hydrogen) atoms. The first-order valence-electron chi connectivity index (χ1n) is 3.34. The monoisotopic (exact) mass is 169 g/mol. The zero-order chi connectivity index (χ0) is 8.59. The molecule has 0 unspecified atom stereocenters. The third-order valence-corrected chi connectivity index (χ3v) is 1.95. The Morgan fingerprint density at radius 1 is 1.55 bits per heavy atom. The molecule has 0 aromatic carbocycles. The molecule has 1 rings (SSSR count). The summed E-state index contributed by atoms with van der Waals surface area (Å²) in [5.41, 5.74) is 8.41. The topological polar surface area (TPSA) is 43.8 Å². The van der Waals surface area contributed by atoms with E-state index in [0.29, 0.717) is 4.99 Å². The Kier molecular flexibility index (Phi) is 1.95. The molecule has 0 aliphatic carbocycles. The third-order valence-electron chi connectivity index (χ3n) is 1.75. The van der Waals surface area contributed by atoms with Crippen molar-refractivity contribution in [1.29, 1.82) is 0 Å². The van der Waals surface area contributed by atoms with Gasteiger partial charge in [0.15, 0.2) is 0 Å². The molecule has 1 aromatic rings. The van der Waals surface area contributed by atoms with E-state index in [1.807, 2.05) is 20.9 Å². The highest BCUT2D eigenvalue weighted by Crippen LogP contribution is 2.10. The van der Waals surface area contributed by atoms with Gasteiger partial charge in [0.05, 0.1) is 11.4 Å². The van der Waals surface area contributed by atoms with E-state index in [1.165, 1.54) is 0 Å². The molecule has 0 bridgehead atoms. The van der Waals surface area contributed by atoms with E-state index in [4.69, 9.17) is 18.0 Å². The van der Waals surface area contributed by atoms with Gasteiger partial charge >= 0.3 is 0 Å². The van der Waals surface area contributed by atoms with Crippen LogP contribution in [-0.4, -0.2) is 14.8 Å². The molecule has 3 nitrogen and oxygen atoms in total. The Morgan fingerprint density at radius 2 is 2.09 bits per heavy atom. The van der Waals surface area contributed by atoms with Gasteiger partial charge in [0, 0.05) is 12.6 Å². The van der Waals surface area contributed by atoms with Crippen LogP contribution in [-0.2, 0) is 7.05 Å². The molecular weight excluding hydrogens is 158 g/mol. The van der Waals surface area contributed by atoms with Crippen molar-refractivity contribution in [2.45, 2.75) is 13.8 Å². The molecule has 0 aliphatic heterocycles. The average molecular weight is 169 g/mol. The Balaban J connectivity index is 3.34. The summed E-state index contributed by atoms with van der Waals surface area (Å²) in [7, 11) is 1.84. The minimum atomic E-state index is 0.408. The van der Waals surface area contributed by atoms with Gasteiger partial charge in [-0.1, -0.05) is 12.2 Å². The number of nitrogens with two attached hydrogens (primary N) is 1. The van der Waals surface area contributed by atoms with E-state index in [9.17, 15) is 0 Å². The minimum Gasteiger partial charge on any atom is -0.388 e. The van der Waals surface area contributed by atoms with Gasteiger partial charge in [-0.3, -0.25) is 4.68 Å². The van der Waals surface area contributed by atoms with E-state index in [2.05, 4.69) is 5.10 Å². The number of aryl methyl sites for hydroxylation is 2. The van der Waals surface area contributed by atoms with Crippen LogP contribution in [0.5, 0.6) is 0 Å². The predicted molar refractivity (Wildman–Crippen MR) is 48.6 cm³/mol. The molecule has 0 fully saturated rings. The molecule has 4 heteroatoms. The molecule has 2 N–H and O–H groups in total. The number of rotatable bonds is 1. The molecule has 1 aromatic heterocycles. The van der Waals surface area contributed by atoms with Gasteiger partial charge in [-0.25, -0.2) is 0 Å². The van der Waals surface area contributed by atoms with Gasteiger partial charge in [0.2, 0.25) is 0 Å². The summed E-state index contributed by atoms with van der Waals surface area (Å²) in [6.07, 6.45) is 0. The summed E-state index contributed by atoms with van der Waals surface area (Å²) in [5.74, 6) is 0. The maximum Gasteiger partial charge on any atom is 0.122 e. The second-order valence-corrected chi connectivity index (χ2v) is 2.99. The highest BCUT2D eigenvalue weighted by molar-refractivity contribution is 7.80. The number of hydrogen-bond acceptors (Lipinski definition) is 2. The molecule has 1 heterocycles. The van der Waals surface area contributed by atoms with Crippen LogP contribution in [0.4, 0.5) is 0 Å². The molecule has 0 saturated heterocycles. The maximum absolute atomic E-state index is 5.50. The normalized spacial score (nSPS) is 10.1. The fourth-order valence-corrected chi connectivity index (χ4v) is 1.39. The highest BCUT2D eigenvalue weighted by Gasteiger charge is 2.09. The van der Waals surface area contributed by atoms with E-state index >= 15 is 0 Å². The lowest BCUT2D eigenvalue weighted by Crippen LogP contribution is -2.15. The van der Waals surface area contributed by atoms with Crippen molar-refractivity contribution < 1.29 is 0 Å². The average Bonchev–Trinajstić information content (AvgIpc) is 2.07. The standard InChI is InChI=1S/C7H11N3S/c1-4-5(2)9-10(3)6(4)7(8)11/h1-3H3,(H2,8,11). The van der Waals surface area contributed by atoms with Crippen molar-refractivity contribution in [2.24, 2.45) is 12.8 Å². The second-order valence-electron chi connectivity index (χ2n) is 2.55. The number of hydrogen-bond donors (Lipinski definition) is 1. The number of aromatic nitrogens is 2. The molecule has 0 spiro atoms. The molecular formula is C7H11N3S. The summed E-state index contributed by atoms with van der Waals surface area (Å²) in [4.78, 5) is 0.408. The molecule has 0 radical (unpaired) electrons. The van der Waals surface area contributed by atoms with Crippen LogP contribution in [0.2, 0.25) is 0 Å². The molecule has 0 aliphatic rings. The van der Waals surface area contributed by atoms with Crippen molar-refractivity contribution in [3.63, 3.8) is 0 Å². The first kappa shape index (κ1) is 8.20. The summed E-state index contributed by atoms with van der Waals surface area (Å²) in [6.45, 7) is 3.91. The summed E-state index contributed by atoms with van der Waals surface area (Å²) in [6, 6.07) is 0. The van der Waals surface area contributed by atoms with Gasteiger partial charge < -0.3 is 5.73 Å². The van der Waals surface area contributed by atoms with Gasteiger partial charge in [-0.15, -0.1) is 0 Å². The van der Waals surface area contributed by atoms with Crippen LogP contribution in [0.1, 0.15) is 17.0 Å². The van der Waals surface area contributed by atoms with Crippen molar-refractivity contribution in [1.82, 2.24) is 9.78 Å². The zero-order valence-electron chi connectivity index (χ0n) is 6.88. The van der Waals surface area contributed by atoms with Crippen LogP contribution in [0.15, 0.2) is 0 Å². The third kappa shape index (κ3) is 1.26. The SMILES string of the molecule is Cc1nn(C)c(C(N)=S)c1C. The van der Waals surface area contributed by atoms with Crippen LogP contribution in [0, 0.1) is 13.8 Å². The first-order chi connectivity index (χ1) is 5.04. The smallest absolute Gasteiger partial charge is 0.122 e. The van der Waals surface area contributed by atoms with E-state index in [-0.39, 0.29) is 0 Å². The Hall–Kier alpha value is -0.900. The van der Waals surface area contributed by atoms with Gasteiger partial charge in [-0.2, -0.15) is 5.10 Å². The molecule has 0 atom stereocenters. The van der Waals surface area contributed by atoms with Crippen LogP contribution < -0.4 is 5.73 Å². The second kappa shape index (κ2) is 2.62. The van der Waals surface area contributed by atoms with Crippen molar-refractivity contribution in [2.75, 3.05) is 0 Å². The predicted octanol–water partition coefficient (Wildman–Crippen LogP) is 0.671. The first-order valence-corrected chi connectivity index (χ1v) is 3.75. The van der Waals surface area contributed by atoms with E-state index < -0.39 is 0 Å². The largest absolute Gasteiger partial charge is 0.388 e. The van der Waals surface area contributed by atoms with Crippen molar-refractivity contribution >= 4 is 17.2 Å². The molecule has 0 saturated carbocycles. The fourth-order valence-electron chi connectivity index (χ4n) is 1.11. The maximum atomic E-state index is 5.50. The van der Waals surface area contributed by atoms with E-state index in [0.717, 1.165) is 17.0 Å². The Bertz CT molecular complexity index is 301. The van der Waals surface area contributed by atoms with Gasteiger partial charge in [0.1, 0.15) is 4.99 Å². The molecule has 60 valence electrons. The lowest BCUT2D eigenvalue weighted by molar-refractivity contribution is 0.750. The highest BCUT2D eigenvalue weighted by atomic mass is 32.1. The van der Waals surface area contributed by atoms with Crippen LogP contribution in [0.3, 0.4) is 0 Å². The number of thiocarbonyl (C=S) groups is 1. The van der Waals surface area contributed by atoms with Crippen LogP contribution in [0.25, 0.3) is 0 Å². The van der Waals surface area contributed by atoms with Crippen LogP contribution >= 0.6 is 12.2 Å². The van der Waals surface area contributed by atoms with Crippen molar-refractivity contribution in [3.8, 4) is 0 Å². The summed E-state index contributed by atoms with van der Waals surface area (Å²) >= 11 is 4.87. The summed E-state index contributed by atoms with van der Waals surface area (Å²) in [5, 5.41) is 4.18. The lowest BCUT2D eigenvalue weighted by atomic mass is 10.2. The van der Waals surface area contributed by atoms with Gasteiger partial charge in [-0.05, 0) is 13.8 Å². The fraction of sp³-hybridized carbons (Fsp3) is 0.429. The van der Waals surface area contributed by atoms with E-state index in [1.54, 1.807) is 4.68 Å². The summed E-state index contributed by atoms with van der Waals surface area (Å²) < 4.78 is 1.72. The number of nitrogens with zero attached hydrogens (tertiary/aromatic N) is 2.